The van der Waals surface area contributed by atoms with Gasteiger partial charge in [0.05, 0.1) is 18.3 Å². The highest BCUT2D eigenvalue weighted by atomic mass is 16.5. The Hall–Kier alpha value is -2.62. The fourth-order valence-electron chi connectivity index (χ4n) is 2.58. The Morgan fingerprint density at radius 2 is 1.67 bits per heavy atom. The van der Waals surface area contributed by atoms with E-state index in [1.165, 1.54) is 11.1 Å². The minimum absolute atomic E-state index is 0.204. The molecule has 0 N–H and O–H groups in total. The van der Waals surface area contributed by atoms with Crippen LogP contribution in [0, 0.1) is 0 Å². The van der Waals surface area contributed by atoms with Crippen molar-refractivity contribution in [1.82, 2.24) is 15.0 Å². The Kier molecular flexibility index (Phi) is 5.26. The molecule has 0 aliphatic carbocycles. The molecular weight excluding hydrogens is 298 g/mol. The van der Waals surface area contributed by atoms with Crippen LogP contribution in [0.4, 0.5) is 0 Å². The van der Waals surface area contributed by atoms with Crippen molar-refractivity contribution in [2.75, 3.05) is 0 Å². The molecule has 0 amide bonds. The predicted octanol–water partition coefficient (Wildman–Crippen LogP) is 3.90. The molecule has 3 rings (SSSR count). The number of hydrogen-bond donors (Lipinski definition) is 0. The third-order valence-electron chi connectivity index (χ3n) is 3.74. The second-order valence-corrected chi connectivity index (χ2v) is 6.20. The van der Waals surface area contributed by atoms with Crippen LogP contribution >= 0.6 is 0 Å². The van der Waals surface area contributed by atoms with Crippen molar-refractivity contribution in [2.45, 2.75) is 39.3 Å². The lowest BCUT2D eigenvalue weighted by molar-refractivity contribution is 0.242. The zero-order valence-electron chi connectivity index (χ0n) is 14.2. The molecule has 0 saturated carbocycles. The molecule has 124 valence electrons. The Bertz CT molecular complexity index is 748. The summed E-state index contributed by atoms with van der Waals surface area (Å²) in [7, 11) is 0. The molecule has 0 spiro atoms. The van der Waals surface area contributed by atoms with Crippen LogP contribution in [0.2, 0.25) is 0 Å². The molecule has 1 aromatic heterocycles. The zero-order valence-corrected chi connectivity index (χ0v) is 14.2. The molecular formula is C20H23N3O. The van der Waals surface area contributed by atoms with E-state index < -0.39 is 0 Å². The Morgan fingerprint density at radius 3 is 2.38 bits per heavy atom. The van der Waals surface area contributed by atoms with Crippen LogP contribution in [0.3, 0.4) is 0 Å². The smallest absolute Gasteiger partial charge is 0.119 e. The van der Waals surface area contributed by atoms with E-state index in [4.69, 9.17) is 4.74 Å². The molecule has 0 aliphatic heterocycles. The average Bonchev–Trinajstić information content (AvgIpc) is 3.02. The molecule has 0 aliphatic rings. The molecule has 4 heteroatoms. The number of aryl methyl sites for hydroxylation is 2. The van der Waals surface area contributed by atoms with Gasteiger partial charge in [-0.05, 0) is 49.9 Å². The fraction of sp³-hybridized carbons (Fsp3) is 0.300. The van der Waals surface area contributed by atoms with Crippen molar-refractivity contribution in [3.05, 3.63) is 77.6 Å². The van der Waals surface area contributed by atoms with Crippen LogP contribution in [0.5, 0.6) is 5.75 Å². The first kappa shape index (κ1) is 16.2. The van der Waals surface area contributed by atoms with E-state index in [9.17, 15) is 0 Å². The van der Waals surface area contributed by atoms with Crippen LogP contribution in [0.1, 0.15) is 30.7 Å². The highest BCUT2D eigenvalue weighted by Gasteiger charge is 2.03. The van der Waals surface area contributed by atoms with Crippen LogP contribution in [-0.2, 0) is 19.4 Å². The molecule has 24 heavy (non-hydrogen) atoms. The van der Waals surface area contributed by atoms with Gasteiger partial charge in [0.2, 0.25) is 0 Å². The SMILES string of the molecule is CC(C)Oc1ccc(CCc2cn(Cc3ccccc3)nn2)cc1. The van der Waals surface area contributed by atoms with Gasteiger partial charge < -0.3 is 4.74 Å². The molecule has 4 nitrogen and oxygen atoms in total. The van der Waals surface area contributed by atoms with E-state index in [0.717, 1.165) is 30.8 Å². The molecule has 3 aromatic rings. The van der Waals surface area contributed by atoms with Crippen molar-refractivity contribution >= 4 is 0 Å². The first-order valence-corrected chi connectivity index (χ1v) is 8.37. The fourth-order valence-corrected chi connectivity index (χ4v) is 2.58. The summed E-state index contributed by atoms with van der Waals surface area (Å²) in [6.07, 6.45) is 4.07. The number of rotatable bonds is 7. The largest absolute Gasteiger partial charge is 0.491 e. The Labute approximate surface area is 143 Å². The Balaban J connectivity index is 1.53. The van der Waals surface area contributed by atoms with Gasteiger partial charge >= 0.3 is 0 Å². The van der Waals surface area contributed by atoms with Gasteiger partial charge in [0.1, 0.15) is 5.75 Å². The van der Waals surface area contributed by atoms with Gasteiger partial charge in [0.15, 0.2) is 0 Å². The van der Waals surface area contributed by atoms with E-state index in [2.05, 4.69) is 34.6 Å². The van der Waals surface area contributed by atoms with E-state index in [-0.39, 0.29) is 6.10 Å². The lowest BCUT2D eigenvalue weighted by Gasteiger charge is -2.09. The minimum atomic E-state index is 0.204. The van der Waals surface area contributed by atoms with Crippen LogP contribution in [0.25, 0.3) is 0 Å². The number of hydrogen-bond acceptors (Lipinski definition) is 3. The normalized spacial score (nSPS) is 11.0. The number of aromatic nitrogens is 3. The first-order valence-electron chi connectivity index (χ1n) is 8.37. The van der Waals surface area contributed by atoms with Gasteiger partial charge in [-0.2, -0.15) is 0 Å². The van der Waals surface area contributed by atoms with Gasteiger partial charge in [0.25, 0.3) is 0 Å². The van der Waals surface area contributed by atoms with Crippen LogP contribution < -0.4 is 4.74 Å². The number of nitrogens with zero attached hydrogens (tertiary/aromatic N) is 3. The summed E-state index contributed by atoms with van der Waals surface area (Å²) in [6.45, 7) is 4.83. The molecule has 1 heterocycles. The lowest BCUT2D eigenvalue weighted by atomic mass is 10.1. The van der Waals surface area contributed by atoms with Crippen molar-refractivity contribution in [1.29, 1.82) is 0 Å². The monoisotopic (exact) mass is 321 g/mol. The summed E-state index contributed by atoms with van der Waals surface area (Å²) in [5, 5.41) is 8.49. The minimum Gasteiger partial charge on any atom is -0.491 e. The number of benzene rings is 2. The maximum absolute atomic E-state index is 5.67. The molecule has 0 radical (unpaired) electrons. The summed E-state index contributed by atoms with van der Waals surface area (Å²) < 4.78 is 7.56. The highest BCUT2D eigenvalue weighted by molar-refractivity contribution is 5.27. The van der Waals surface area contributed by atoms with Crippen LogP contribution in [0.15, 0.2) is 60.8 Å². The van der Waals surface area contributed by atoms with Gasteiger partial charge in [-0.25, -0.2) is 4.68 Å². The summed E-state index contributed by atoms with van der Waals surface area (Å²) in [5.74, 6) is 0.919. The third kappa shape index (κ3) is 4.69. The third-order valence-corrected chi connectivity index (χ3v) is 3.74. The average molecular weight is 321 g/mol. The van der Waals surface area contributed by atoms with E-state index in [1.807, 2.05) is 55.1 Å². The van der Waals surface area contributed by atoms with E-state index in [0.29, 0.717) is 0 Å². The summed E-state index contributed by atoms with van der Waals surface area (Å²) in [5.41, 5.74) is 3.53. The van der Waals surface area contributed by atoms with Crippen molar-refractivity contribution < 1.29 is 4.74 Å². The summed E-state index contributed by atoms with van der Waals surface area (Å²) in [4.78, 5) is 0. The van der Waals surface area contributed by atoms with Gasteiger partial charge in [0, 0.05) is 6.20 Å². The first-order chi connectivity index (χ1) is 11.7. The zero-order chi connectivity index (χ0) is 16.8. The summed E-state index contributed by atoms with van der Waals surface area (Å²) in [6, 6.07) is 18.6. The second kappa shape index (κ2) is 7.77. The standard InChI is InChI=1S/C20H23N3O/c1-16(2)24-20-12-9-17(10-13-20)8-11-19-15-23(22-21-19)14-18-6-4-3-5-7-18/h3-7,9-10,12-13,15-16H,8,11,14H2,1-2H3. The topological polar surface area (TPSA) is 39.9 Å². The maximum atomic E-state index is 5.67. The van der Waals surface area contributed by atoms with E-state index >= 15 is 0 Å². The highest BCUT2D eigenvalue weighted by Crippen LogP contribution is 2.15. The van der Waals surface area contributed by atoms with Crippen molar-refractivity contribution in [3.63, 3.8) is 0 Å². The van der Waals surface area contributed by atoms with Gasteiger partial charge in [-0.1, -0.05) is 47.7 Å². The van der Waals surface area contributed by atoms with Crippen molar-refractivity contribution in [3.8, 4) is 5.75 Å². The quantitative estimate of drug-likeness (QED) is 0.662. The molecule has 0 unspecified atom stereocenters. The molecule has 0 fully saturated rings. The lowest BCUT2D eigenvalue weighted by Crippen LogP contribution is -2.05. The maximum Gasteiger partial charge on any atom is 0.119 e. The Morgan fingerprint density at radius 1 is 0.917 bits per heavy atom. The second-order valence-electron chi connectivity index (χ2n) is 6.20. The van der Waals surface area contributed by atoms with Gasteiger partial charge in [-0.15, -0.1) is 5.10 Å². The molecule has 2 aromatic carbocycles. The molecule has 0 atom stereocenters. The van der Waals surface area contributed by atoms with Crippen molar-refractivity contribution in [2.24, 2.45) is 0 Å². The molecule has 0 bridgehead atoms. The predicted molar refractivity (Wildman–Crippen MR) is 95.2 cm³/mol. The van der Waals surface area contributed by atoms with E-state index in [1.54, 1.807) is 0 Å². The van der Waals surface area contributed by atoms with Gasteiger partial charge in [-0.3, -0.25) is 0 Å². The van der Waals surface area contributed by atoms with Crippen LogP contribution in [-0.4, -0.2) is 21.1 Å². The number of ether oxygens (including phenoxy) is 1. The summed E-state index contributed by atoms with van der Waals surface area (Å²) >= 11 is 0. The molecule has 0 saturated heterocycles.